The summed E-state index contributed by atoms with van der Waals surface area (Å²) >= 11 is 0. The molecule has 1 aromatic carbocycles. The lowest BCUT2D eigenvalue weighted by Gasteiger charge is -2.18. The summed E-state index contributed by atoms with van der Waals surface area (Å²) in [5, 5.41) is 18.5. The standard InChI is InChI=1S/C11H17NO2/c1-8-2-4-9(5-3-8)11(14)10(12)6-7-13/h2-5,10-11,13-14H,6-7,12H2,1H3. The highest BCUT2D eigenvalue weighted by Crippen LogP contribution is 2.17. The Morgan fingerprint density at radius 2 is 1.86 bits per heavy atom. The maximum atomic E-state index is 9.77. The van der Waals surface area contributed by atoms with Crippen LogP contribution in [-0.4, -0.2) is 22.9 Å². The van der Waals surface area contributed by atoms with Gasteiger partial charge in [-0.25, -0.2) is 0 Å². The normalized spacial score (nSPS) is 15.1. The number of rotatable bonds is 4. The largest absolute Gasteiger partial charge is 0.396 e. The molecule has 0 aliphatic rings. The first-order valence-corrected chi connectivity index (χ1v) is 4.76. The van der Waals surface area contributed by atoms with E-state index in [-0.39, 0.29) is 6.61 Å². The lowest BCUT2D eigenvalue weighted by Crippen LogP contribution is -2.29. The molecule has 4 N–H and O–H groups in total. The van der Waals surface area contributed by atoms with E-state index in [1.165, 1.54) is 0 Å². The Kier molecular flexibility index (Phi) is 4.07. The fourth-order valence-corrected chi connectivity index (χ4v) is 1.32. The fourth-order valence-electron chi connectivity index (χ4n) is 1.32. The number of hydrogen-bond acceptors (Lipinski definition) is 3. The van der Waals surface area contributed by atoms with Crippen molar-refractivity contribution < 1.29 is 10.2 Å². The average molecular weight is 195 g/mol. The minimum atomic E-state index is -0.692. The van der Waals surface area contributed by atoms with Crippen molar-refractivity contribution in [3.63, 3.8) is 0 Å². The molecule has 0 aliphatic carbocycles. The highest BCUT2D eigenvalue weighted by molar-refractivity contribution is 5.23. The van der Waals surface area contributed by atoms with Gasteiger partial charge in [0.1, 0.15) is 0 Å². The van der Waals surface area contributed by atoms with Crippen molar-refractivity contribution in [2.24, 2.45) is 5.73 Å². The van der Waals surface area contributed by atoms with Crippen LogP contribution in [0.5, 0.6) is 0 Å². The van der Waals surface area contributed by atoms with E-state index in [4.69, 9.17) is 10.8 Å². The van der Waals surface area contributed by atoms with Gasteiger partial charge in [0.15, 0.2) is 0 Å². The summed E-state index contributed by atoms with van der Waals surface area (Å²) in [6.45, 7) is 1.99. The van der Waals surface area contributed by atoms with Crippen molar-refractivity contribution in [1.82, 2.24) is 0 Å². The highest BCUT2D eigenvalue weighted by Gasteiger charge is 2.15. The number of aliphatic hydroxyl groups is 2. The van der Waals surface area contributed by atoms with E-state index >= 15 is 0 Å². The van der Waals surface area contributed by atoms with E-state index in [0.29, 0.717) is 6.42 Å². The van der Waals surface area contributed by atoms with Crippen LogP contribution in [0.15, 0.2) is 24.3 Å². The Labute approximate surface area is 84.2 Å². The van der Waals surface area contributed by atoms with Gasteiger partial charge < -0.3 is 15.9 Å². The molecule has 0 saturated heterocycles. The Morgan fingerprint density at radius 1 is 1.29 bits per heavy atom. The quantitative estimate of drug-likeness (QED) is 0.663. The van der Waals surface area contributed by atoms with Crippen LogP contribution in [0.1, 0.15) is 23.7 Å². The van der Waals surface area contributed by atoms with Gasteiger partial charge in [-0.05, 0) is 18.9 Å². The molecule has 3 heteroatoms. The molecule has 3 nitrogen and oxygen atoms in total. The predicted octanol–water partition coefficient (Wildman–Crippen LogP) is 0.738. The van der Waals surface area contributed by atoms with Crippen molar-refractivity contribution in [3.05, 3.63) is 35.4 Å². The molecule has 0 aliphatic heterocycles. The van der Waals surface area contributed by atoms with E-state index < -0.39 is 12.1 Å². The Bertz CT molecular complexity index is 271. The second kappa shape index (κ2) is 5.10. The Hall–Kier alpha value is -0.900. The summed E-state index contributed by atoms with van der Waals surface area (Å²) in [7, 11) is 0. The van der Waals surface area contributed by atoms with E-state index in [1.54, 1.807) is 0 Å². The van der Waals surface area contributed by atoms with E-state index in [0.717, 1.165) is 11.1 Å². The molecule has 0 bridgehead atoms. The van der Waals surface area contributed by atoms with Crippen LogP contribution in [0.3, 0.4) is 0 Å². The molecule has 0 aromatic heterocycles. The highest BCUT2D eigenvalue weighted by atomic mass is 16.3. The molecule has 78 valence electrons. The van der Waals surface area contributed by atoms with E-state index in [1.807, 2.05) is 31.2 Å². The molecule has 14 heavy (non-hydrogen) atoms. The van der Waals surface area contributed by atoms with E-state index in [9.17, 15) is 5.11 Å². The molecule has 1 aromatic rings. The lowest BCUT2D eigenvalue weighted by molar-refractivity contribution is 0.129. The van der Waals surface area contributed by atoms with Gasteiger partial charge in [0.05, 0.1) is 6.10 Å². The van der Waals surface area contributed by atoms with Crippen molar-refractivity contribution in [2.75, 3.05) is 6.61 Å². The summed E-state index contributed by atoms with van der Waals surface area (Å²) in [5.74, 6) is 0. The third kappa shape index (κ3) is 2.80. The van der Waals surface area contributed by atoms with Crippen LogP contribution in [0.2, 0.25) is 0 Å². The minimum Gasteiger partial charge on any atom is -0.396 e. The molecule has 2 unspecified atom stereocenters. The van der Waals surface area contributed by atoms with Gasteiger partial charge in [-0.15, -0.1) is 0 Å². The third-order valence-electron chi connectivity index (χ3n) is 2.29. The van der Waals surface area contributed by atoms with Gasteiger partial charge in [-0.1, -0.05) is 29.8 Å². The van der Waals surface area contributed by atoms with Crippen LogP contribution in [0.25, 0.3) is 0 Å². The zero-order chi connectivity index (χ0) is 10.6. The first kappa shape index (κ1) is 11.2. The van der Waals surface area contributed by atoms with Crippen LogP contribution in [-0.2, 0) is 0 Å². The van der Waals surface area contributed by atoms with Gasteiger partial charge in [0.25, 0.3) is 0 Å². The first-order chi connectivity index (χ1) is 6.65. The number of aryl methyl sites for hydroxylation is 1. The van der Waals surface area contributed by atoms with Crippen molar-refractivity contribution >= 4 is 0 Å². The molecule has 1 rings (SSSR count). The van der Waals surface area contributed by atoms with Crippen LogP contribution in [0, 0.1) is 6.92 Å². The SMILES string of the molecule is Cc1ccc(C(O)C(N)CCO)cc1. The second-order valence-corrected chi connectivity index (χ2v) is 3.53. The number of hydrogen-bond donors (Lipinski definition) is 3. The van der Waals surface area contributed by atoms with Gasteiger partial charge >= 0.3 is 0 Å². The predicted molar refractivity (Wildman–Crippen MR) is 55.8 cm³/mol. The van der Waals surface area contributed by atoms with Gasteiger partial charge in [0.2, 0.25) is 0 Å². The summed E-state index contributed by atoms with van der Waals surface area (Å²) in [5.41, 5.74) is 7.64. The zero-order valence-corrected chi connectivity index (χ0v) is 8.35. The molecule has 0 heterocycles. The summed E-state index contributed by atoms with van der Waals surface area (Å²) < 4.78 is 0. The molecule has 0 amide bonds. The summed E-state index contributed by atoms with van der Waals surface area (Å²) in [6, 6.07) is 7.19. The molecular weight excluding hydrogens is 178 g/mol. The topological polar surface area (TPSA) is 66.5 Å². The number of nitrogens with two attached hydrogens (primary N) is 1. The van der Waals surface area contributed by atoms with E-state index in [2.05, 4.69) is 0 Å². The van der Waals surface area contributed by atoms with Gasteiger partial charge in [0, 0.05) is 12.6 Å². The lowest BCUT2D eigenvalue weighted by atomic mass is 10.00. The summed E-state index contributed by atoms with van der Waals surface area (Å²) in [6.07, 6.45) is -0.280. The van der Waals surface area contributed by atoms with Gasteiger partial charge in [-0.3, -0.25) is 0 Å². The zero-order valence-electron chi connectivity index (χ0n) is 8.35. The Balaban J connectivity index is 2.68. The van der Waals surface area contributed by atoms with Crippen molar-refractivity contribution in [3.8, 4) is 0 Å². The van der Waals surface area contributed by atoms with Crippen molar-refractivity contribution in [1.29, 1.82) is 0 Å². The molecule has 0 fully saturated rings. The smallest absolute Gasteiger partial charge is 0.0941 e. The molecule has 0 radical (unpaired) electrons. The van der Waals surface area contributed by atoms with Crippen LogP contribution < -0.4 is 5.73 Å². The van der Waals surface area contributed by atoms with Crippen LogP contribution in [0.4, 0.5) is 0 Å². The Morgan fingerprint density at radius 3 is 2.36 bits per heavy atom. The first-order valence-electron chi connectivity index (χ1n) is 4.76. The molecule has 0 saturated carbocycles. The van der Waals surface area contributed by atoms with Crippen molar-refractivity contribution in [2.45, 2.75) is 25.5 Å². The number of aliphatic hydroxyl groups excluding tert-OH is 2. The maximum absolute atomic E-state index is 9.77. The minimum absolute atomic E-state index is 0.00406. The third-order valence-corrected chi connectivity index (χ3v) is 2.29. The molecule has 0 spiro atoms. The summed E-state index contributed by atoms with van der Waals surface area (Å²) in [4.78, 5) is 0. The number of benzene rings is 1. The maximum Gasteiger partial charge on any atom is 0.0941 e. The fraction of sp³-hybridized carbons (Fsp3) is 0.455. The molecule has 2 atom stereocenters. The molecular formula is C11H17NO2. The average Bonchev–Trinajstić information content (AvgIpc) is 2.18. The second-order valence-electron chi connectivity index (χ2n) is 3.53. The van der Waals surface area contributed by atoms with Gasteiger partial charge in [-0.2, -0.15) is 0 Å². The monoisotopic (exact) mass is 195 g/mol. The van der Waals surface area contributed by atoms with Crippen LogP contribution >= 0.6 is 0 Å².